The van der Waals surface area contributed by atoms with E-state index in [1.165, 1.54) is 39.0 Å². The van der Waals surface area contributed by atoms with E-state index in [2.05, 4.69) is 119 Å². The highest BCUT2D eigenvalue weighted by Crippen LogP contribution is 2.47. The molecule has 2 heterocycles. The van der Waals surface area contributed by atoms with Crippen LogP contribution in [0.2, 0.25) is 0 Å². The molecule has 0 radical (unpaired) electrons. The van der Waals surface area contributed by atoms with Crippen molar-refractivity contribution in [3.05, 3.63) is 101 Å². The Morgan fingerprint density at radius 2 is 1.80 bits per heavy atom. The summed E-state index contributed by atoms with van der Waals surface area (Å²) in [5, 5.41) is 1.75. The molecule has 9 nitrogen and oxygen atoms in total. The van der Waals surface area contributed by atoms with Gasteiger partial charge in [-0.3, -0.25) is 4.55 Å². The van der Waals surface area contributed by atoms with Gasteiger partial charge in [0.05, 0.1) is 33.4 Å². The summed E-state index contributed by atoms with van der Waals surface area (Å²) in [5.41, 5.74) is 7.68. The number of pyridine rings is 1. The number of thioether (sulfide) groups is 1. The quantitative estimate of drug-likeness (QED) is 0.0385. The van der Waals surface area contributed by atoms with Crippen molar-refractivity contribution in [3.8, 4) is 0 Å². The minimum absolute atomic E-state index is 0.0379. The lowest BCUT2D eigenvalue weighted by atomic mass is 9.67. The lowest BCUT2D eigenvalue weighted by Gasteiger charge is -2.47. The van der Waals surface area contributed by atoms with Crippen LogP contribution in [0.1, 0.15) is 49.7 Å². The molecule has 2 N–H and O–H groups in total. The van der Waals surface area contributed by atoms with Gasteiger partial charge in [-0.2, -0.15) is 18.5 Å². The van der Waals surface area contributed by atoms with Gasteiger partial charge in [0, 0.05) is 53.7 Å². The van der Waals surface area contributed by atoms with Crippen LogP contribution in [0, 0.1) is 11.8 Å². The molecule has 1 aliphatic heterocycles. The number of rotatable bonds is 12. The number of likely N-dealkylation sites (N-methyl/N-ethyl adjacent to an activating group) is 1. The van der Waals surface area contributed by atoms with Crippen LogP contribution in [0.15, 0.2) is 99.9 Å². The summed E-state index contributed by atoms with van der Waals surface area (Å²) in [7, 11) is 0.174. The summed E-state index contributed by atoms with van der Waals surface area (Å²) >= 11 is 2.93. The standard InChI is InChI=1S/C38H44N4O5S3/c1-40(33-16-8-14-32-31(33)13-9-17-37(32)50(43,44)45)23-21-39-46-47-49-29-18-19-36-35(25-29)41(2)38(48-36)24-28-20-22-42(26-27-10-4-3-5-11-27)34-15-7-6-12-30(28)34/h3-7,10-12,15,18-20,22,24-25,31-33,37,39H,8-9,13-14,16-17,21,23,26H2,1-2H3/p+1. The fourth-order valence-corrected chi connectivity index (χ4v) is 10.9. The van der Waals surface area contributed by atoms with Crippen molar-refractivity contribution in [3.63, 3.8) is 0 Å². The Hall–Kier alpha value is -2.94. The average molecular weight is 734 g/mol. The second-order valence-corrected chi connectivity index (χ2v) is 17.1. The molecule has 3 aromatic carbocycles. The number of hydroxylamine groups is 1. The second-order valence-electron chi connectivity index (χ2n) is 13.6. The van der Waals surface area contributed by atoms with Gasteiger partial charge in [0.2, 0.25) is 5.52 Å². The molecule has 7 rings (SSSR count). The van der Waals surface area contributed by atoms with Crippen molar-refractivity contribution in [1.82, 2.24) is 10.4 Å². The fraction of sp³-hybridized carbons (Fsp3) is 0.395. The Bertz CT molecular complexity index is 1940. The summed E-state index contributed by atoms with van der Waals surface area (Å²) in [6.45, 7) is 2.11. The average Bonchev–Trinajstić information content (AvgIpc) is 3.43. The maximum Gasteiger partial charge on any atom is 0.268 e. The summed E-state index contributed by atoms with van der Waals surface area (Å²) < 4.78 is 41.6. The molecular weight excluding hydrogens is 689 g/mol. The largest absolute Gasteiger partial charge is 0.338 e. The third-order valence-electron chi connectivity index (χ3n) is 10.6. The van der Waals surface area contributed by atoms with E-state index in [1.807, 2.05) is 6.07 Å². The van der Waals surface area contributed by atoms with Gasteiger partial charge < -0.3 is 9.80 Å². The lowest BCUT2D eigenvalue weighted by Crippen LogP contribution is -2.51. The first-order valence-corrected chi connectivity index (χ1v) is 20.4. The molecule has 0 saturated heterocycles. The molecule has 3 aliphatic rings. The Morgan fingerprint density at radius 3 is 2.64 bits per heavy atom. The van der Waals surface area contributed by atoms with Crippen LogP contribution in [-0.4, -0.2) is 56.3 Å². The molecule has 4 atom stereocenters. The normalized spacial score (nSPS) is 23.0. The van der Waals surface area contributed by atoms with Crippen LogP contribution in [-0.2, 0) is 26.0 Å². The van der Waals surface area contributed by atoms with Gasteiger partial charge in [-0.05, 0) is 80.5 Å². The van der Waals surface area contributed by atoms with Crippen LogP contribution in [0.25, 0.3) is 17.0 Å². The highest BCUT2D eigenvalue weighted by Gasteiger charge is 2.45. The zero-order valence-corrected chi connectivity index (χ0v) is 30.9. The second kappa shape index (κ2) is 15.7. The summed E-state index contributed by atoms with van der Waals surface area (Å²) in [4.78, 5) is 12.0. The first-order chi connectivity index (χ1) is 24.3. The molecule has 2 aliphatic carbocycles. The number of para-hydroxylation sites is 1. The number of nitrogens with zero attached hydrogens (tertiary/aromatic N) is 3. The van der Waals surface area contributed by atoms with Crippen LogP contribution in [0.5, 0.6) is 0 Å². The van der Waals surface area contributed by atoms with Crippen LogP contribution >= 0.6 is 23.8 Å². The molecule has 0 amide bonds. The number of benzene rings is 3. The Balaban J connectivity index is 0.914. The Kier molecular flexibility index (Phi) is 11.2. The third-order valence-corrected chi connectivity index (χ3v) is 13.7. The van der Waals surface area contributed by atoms with Crippen molar-refractivity contribution < 1.29 is 26.9 Å². The van der Waals surface area contributed by atoms with Crippen molar-refractivity contribution >= 4 is 56.6 Å². The van der Waals surface area contributed by atoms with E-state index in [4.69, 9.17) is 9.32 Å². The van der Waals surface area contributed by atoms with Crippen molar-refractivity contribution in [2.24, 2.45) is 11.8 Å². The lowest BCUT2D eigenvalue weighted by molar-refractivity contribution is -0.662. The first-order valence-electron chi connectivity index (χ1n) is 17.4. The first kappa shape index (κ1) is 35.5. The molecule has 4 aromatic rings. The van der Waals surface area contributed by atoms with Gasteiger partial charge in [-0.25, -0.2) is 0 Å². The molecule has 50 heavy (non-hydrogen) atoms. The van der Waals surface area contributed by atoms with E-state index < -0.39 is 15.4 Å². The number of aromatic nitrogens is 1. The third kappa shape index (κ3) is 7.93. The van der Waals surface area contributed by atoms with E-state index in [0.717, 1.165) is 60.8 Å². The zero-order chi connectivity index (χ0) is 34.7. The van der Waals surface area contributed by atoms with E-state index in [0.29, 0.717) is 19.0 Å². The van der Waals surface area contributed by atoms with Gasteiger partial charge in [-0.1, -0.05) is 67.1 Å². The maximum atomic E-state index is 12.0. The number of anilines is 1. The number of hydrogen-bond donors (Lipinski definition) is 2. The molecule has 0 bridgehead atoms. The van der Waals surface area contributed by atoms with Gasteiger partial charge in [-0.15, -0.1) is 9.32 Å². The van der Waals surface area contributed by atoms with E-state index in [1.54, 1.807) is 11.8 Å². The van der Waals surface area contributed by atoms with Gasteiger partial charge in [0.1, 0.15) is 0 Å². The molecule has 0 spiro atoms. The smallest absolute Gasteiger partial charge is 0.268 e. The van der Waals surface area contributed by atoms with Gasteiger partial charge >= 0.3 is 0 Å². The molecule has 4 unspecified atom stereocenters. The Labute approximate surface area is 303 Å². The summed E-state index contributed by atoms with van der Waals surface area (Å²) in [6.07, 6.45) is 9.77. The fourth-order valence-electron chi connectivity index (χ4n) is 8.15. The highest BCUT2D eigenvalue weighted by molar-refractivity contribution is 8.04. The van der Waals surface area contributed by atoms with Crippen molar-refractivity contribution in [2.75, 3.05) is 32.1 Å². The Morgan fingerprint density at radius 1 is 1.02 bits per heavy atom. The molecule has 1 aromatic heterocycles. The van der Waals surface area contributed by atoms with E-state index in [9.17, 15) is 13.0 Å². The van der Waals surface area contributed by atoms with E-state index in [-0.39, 0.29) is 11.8 Å². The number of nitrogens with one attached hydrogen (secondary N) is 1. The minimum atomic E-state index is -4.01. The number of fused-ring (bicyclic) bond motifs is 3. The van der Waals surface area contributed by atoms with Gasteiger partial charge in [0.25, 0.3) is 10.1 Å². The van der Waals surface area contributed by atoms with Crippen LogP contribution in [0.4, 0.5) is 5.69 Å². The van der Waals surface area contributed by atoms with Crippen molar-refractivity contribution in [2.45, 2.75) is 66.2 Å². The molecular formula is C38H45N4O5S3+. The number of hydrogen-bond acceptors (Lipinski definition) is 9. The minimum Gasteiger partial charge on any atom is -0.338 e. The predicted octanol–water partition coefficient (Wildman–Crippen LogP) is 7.33. The molecule has 264 valence electrons. The summed E-state index contributed by atoms with van der Waals surface area (Å²) in [5.74, 6) is 0.327. The summed E-state index contributed by atoms with van der Waals surface area (Å²) in [6, 6.07) is 27.9. The molecule has 2 saturated carbocycles. The van der Waals surface area contributed by atoms with Crippen LogP contribution in [0.3, 0.4) is 0 Å². The monoisotopic (exact) mass is 733 g/mol. The maximum absolute atomic E-state index is 12.0. The topological polar surface area (TPSA) is 95.2 Å². The van der Waals surface area contributed by atoms with Crippen LogP contribution < -0.4 is 14.9 Å². The zero-order valence-electron chi connectivity index (χ0n) is 28.5. The van der Waals surface area contributed by atoms with E-state index >= 15 is 0 Å². The van der Waals surface area contributed by atoms with Crippen molar-refractivity contribution in [1.29, 1.82) is 0 Å². The van der Waals surface area contributed by atoms with Gasteiger partial charge in [0.15, 0.2) is 12.7 Å². The molecule has 2 fully saturated rings. The highest BCUT2D eigenvalue weighted by atomic mass is 32.2. The molecule has 12 heteroatoms. The SMILES string of the molecule is CN1/C(=C\c2cc[n+](Cc3ccccc3)c3ccccc23)Sc2ccc(SOONCCN(C)C3CCCC4C3CCCC4S(=O)(=O)O)cc21. The predicted molar refractivity (Wildman–Crippen MR) is 201 cm³/mol.